The van der Waals surface area contributed by atoms with Gasteiger partial charge in [0, 0.05) is 27.7 Å². The quantitative estimate of drug-likeness (QED) is 0.180. The lowest BCUT2D eigenvalue weighted by Crippen LogP contribution is -2.49. The third kappa shape index (κ3) is 4.60. The Labute approximate surface area is 338 Å². The predicted molar refractivity (Wildman–Crippen MR) is 231 cm³/mol. The molecule has 2 heterocycles. The average Bonchev–Trinajstić information content (AvgIpc) is 3.55. The van der Waals surface area contributed by atoms with Crippen molar-refractivity contribution in [3.8, 4) is 56.5 Å². The van der Waals surface area contributed by atoms with E-state index in [2.05, 4.69) is 158 Å². The molecular formula is C54H41N3O. The Morgan fingerprint density at radius 2 is 1.00 bits per heavy atom. The number of ether oxygens (including phenoxy) is 1. The van der Waals surface area contributed by atoms with Crippen LogP contribution < -0.4 is 4.74 Å². The number of hydrogen-bond acceptors (Lipinski definition) is 4. The summed E-state index contributed by atoms with van der Waals surface area (Å²) in [5.41, 5.74) is 11.4. The molecule has 5 aliphatic carbocycles. The van der Waals surface area contributed by atoms with E-state index in [-0.39, 0.29) is 5.41 Å². The molecule has 14 rings (SSSR count). The van der Waals surface area contributed by atoms with Crippen LogP contribution in [0.1, 0.15) is 66.6 Å². The van der Waals surface area contributed by atoms with Gasteiger partial charge in [-0.05, 0) is 125 Å². The molecule has 7 aromatic carbocycles. The summed E-state index contributed by atoms with van der Waals surface area (Å²) in [6, 6.07) is 57.1. The Hall–Kier alpha value is -6.39. The van der Waals surface area contributed by atoms with Crippen LogP contribution in [-0.2, 0) is 10.8 Å². The molecule has 0 N–H and O–H groups in total. The van der Waals surface area contributed by atoms with E-state index in [9.17, 15) is 0 Å². The van der Waals surface area contributed by atoms with Crippen molar-refractivity contribution in [2.24, 2.45) is 17.8 Å². The molecule has 4 fully saturated rings. The SMILES string of the molecule is c1cc(-c2ccc3c(c2)-c2ccccc2C32c3ccccc3Oc3ccccc32)cc(-c2nc(-c3cccc4ccccc34)nc(C34CC5C[C@H](C3)C[C@@H](C5)C4)n2)c1. The molecule has 58 heavy (non-hydrogen) atoms. The van der Waals surface area contributed by atoms with E-state index in [1.807, 2.05) is 0 Å². The highest BCUT2D eigenvalue weighted by Crippen LogP contribution is 2.63. The zero-order chi connectivity index (χ0) is 38.0. The molecule has 6 aliphatic rings. The van der Waals surface area contributed by atoms with Crippen molar-refractivity contribution in [1.29, 1.82) is 0 Å². The minimum absolute atomic E-state index is 0.0358. The summed E-state index contributed by atoms with van der Waals surface area (Å²) >= 11 is 0. The molecule has 1 aromatic heterocycles. The van der Waals surface area contributed by atoms with E-state index in [0.29, 0.717) is 0 Å². The first-order valence-corrected chi connectivity index (χ1v) is 21.1. The van der Waals surface area contributed by atoms with Crippen LogP contribution >= 0.6 is 0 Å². The normalized spacial score (nSPS) is 22.6. The summed E-state index contributed by atoms with van der Waals surface area (Å²) in [6.07, 6.45) is 7.77. The van der Waals surface area contributed by atoms with Gasteiger partial charge in [0.25, 0.3) is 0 Å². The largest absolute Gasteiger partial charge is 0.457 e. The topological polar surface area (TPSA) is 47.9 Å². The zero-order valence-corrected chi connectivity index (χ0v) is 32.2. The second-order valence-electron chi connectivity index (χ2n) is 17.8. The molecule has 0 atom stereocenters. The third-order valence-corrected chi connectivity index (χ3v) is 14.5. The van der Waals surface area contributed by atoms with Gasteiger partial charge >= 0.3 is 0 Å². The molecule has 4 saturated carbocycles. The summed E-state index contributed by atoms with van der Waals surface area (Å²) in [7, 11) is 0. The monoisotopic (exact) mass is 747 g/mol. The van der Waals surface area contributed by atoms with E-state index in [0.717, 1.165) is 63.4 Å². The molecule has 278 valence electrons. The van der Waals surface area contributed by atoms with Crippen LogP contribution in [0.25, 0.3) is 55.8 Å². The summed E-state index contributed by atoms with van der Waals surface area (Å²) in [5.74, 6) is 6.78. The van der Waals surface area contributed by atoms with Crippen molar-refractivity contribution in [1.82, 2.24) is 15.0 Å². The molecule has 4 heteroatoms. The van der Waals surface area contributed by atoms with E-state index in [1.54, 1.807) is 0 Å². The summed E-state index contributed by atoms with van der Waals surface area (Å²) in [4.78, 5) is 16.3. The highest BCUT2D eigenvalue weighted by molar-refractivity contribution is 5.95. The minimum atomic E-state index is -0.478. The molecule has 1 spiro atoms. The zero-order valence-electron chi connectivity index (χ0n) is 32.2. The van der Waals surface area contributed by atoms with Gasteiger partial charge in [-0.1, -0.05) is 133 Å². The Morgan fingerprint density at radius 3 is 1.78 bits per heavy atom. The molecule has 0 amide bonds. The van der Waals surface area contributed by atoms with Crippen molar-refractivity contribution < 1.29 is 4.74 Å². The number of nitrogens with zero attached hydrogens (tertiary/aromatic N) is 3. The molecule has 4 nitrogen and oxygen atoms in total. The van der Waals surface area contributed by atoms with Gasteiger partial charge in [0.15, 0.2) is 11.6 Å². The number of fused-ring (bicyclic) bond motifs is 10. The number of hydrogen-bond donors (Lipinski definition) is 0. The lowest BCUT2D eigenvalue weighted by atomic mass is 9.49. The second-order valence-corrected chi connectivity index (χ2v) is 17.8. The van der Waals surface area contributed by atoms with Crippen LogP contribution in [0.15, 0.2) is 158 Å². The third-order valence-electron chi connectivity index (χ3n) is 14.5. The van der Waals surface area contributed by atoms with Crippen molar-refractivity contribution in [2.45, 2.75) is 49.4 Å². The smallest absolute Gasteiger partial charge is 0.164 e. The van der Waals surface area contributed by atoms with Crippen LogP contribution in [0.3, 0.4) is 0 Å². The Bertz CT molecular complexity index is 2910. The van der Waals surface area contributed by atoms with Gasteiger partial charge in [0.1, 0.15) is 17.3 Å². The standard InChI is InChI=1S/C54H41N3O/c1-2-15-40-36(11-1)12-10-17-42(40)51-55-50(56-52(57-51)53-30-33-25-34(31-53)27-35(26-33)32-53)39-14-9-13-37(28-39)38-23-24-45-43(29-38)41-16-3-4-18-44(41)54(45)46-19-5-7-21-48(46)58-49-22-8-6-20-47(49)54/h1-24,28-29,33-35H,25-27,30-32H2/t33-,34+,35?,53?. The molecule has 0 unspecified atom stereocenters. The van der Waals surface area contributed by atoms with Gasteiger partial charge in [-0.15, -0.1) is 0 Å². The predicted octanol–water partition coefficient (Wildman–Crippen LogP) is 13.0. The van der Waals surface area contributed by atoms with Crippen LogP contribution in [-0.4, -0.2) is 15.0 Å². The minimum Gasteiger partial charge on any atom is -0.457 e. The van der Waals surface area contributed by atoms with E-state index in [1.165, 1.54) is 88.2 Å². The molecule has 8 aromatic rings. The van der Waals surface area contributed by atoms with Crippen molar-refractivity contribution >= 4 is 10.8 Å². The average molecular weight is 748 g/mol. The van der Waals surface area contributed by atoms with E-state index < -0.39 is 5.41 Å². The molecular weight excluding hydrogens is 707 g/mol. The summed E-state index contributed by atoms with van der Waals surface area (Å²) < 4.78 is 6.56. The number of benzene rings is 7. The highest BCUT2D eigenvalue weighted by Gasteiger charge is 2.54. The fourth-order valence-electron chi connectivity index (χ4n) is 12.5. The Kier molecular flexibility index (Phi) is 6.80. The Morgan fingerprint density at radius 1 is 0.431 bits per heavy atom. The van der Waals surface area contributed by atoms with Crippen molar-refractivity contribution in [2.75, 3.05) is 0 Å². The Balaban J connectivity index is 0.971. The first-order valence-electron chi connectivity index (χ1n) is 21.1. The molecule has 1 aliphatic heterocycles. The maximum atomic E-state index is 6.56. The summed E-state index contributed by atoms with van der Waals surface area (Å²) in [6.45, 7) is 0. The molecule has 4 bridgehead atoms. The molecule has 0 saturated heterocycles. The van der Waals surface area contributed by atoms with Gasteiger partial charge in [-0.25, -0.2) is 15.0 Å². The van der Waals surface area contributed by atoms with Gasteiger partial charge in [-0.3, -0.25) is 0 Å². The van der Waals surface area contributed by atoms with E-state index >= 15 is 0 Å². The fourth-order valence-corrected chi connectivity index (χ4v) is 12.5. The lowest BCUT2D eigenvalue weighted by Gasteiger charge is -2.56. The van der Waals surface area contributed by atoms with Crippen LogP contribution in [0.2, 0.25) is 0 Å². The van der Waals surface area contributed by atoms with Gasteiger partial charge in [0.2, 0.25) is 0 Å². The van der Waals surface area contributed by atoms with Gasteiger partial charge in [-0.2, -0.15) is 0 Å². The second kappa shape index (κ2) is 12.1. The highest BCUT2D eigenvalue weighted by atomic mass is 16.5. The van der Waals surface area contributed by atoms with Gasteiger partial charge in [0.05, 0.1) is 5.41 Å². The number of aromatic nitrogens is 3. The van der Waals surface area contributed by atoms with Crippen LogP contribution in [0.5, 0.6) is 11.5 Å². The first-order chi connectivity index (χ1) is 28.6. The van der Waals surface area contributed by atoms with Gasteiger partial charge < -0.3 is 4.74 Å². The van der Waals surface area contributed by atoms with Crippen molar-refractivity contribution in [3.05, 3.63) is 186 Å². The number of para-hydroxylation sites is 2. The maximum absolute atomic E-state index is 6.56. The van der Waals surface area contributed by atoms with E-state index in [4.69, 9.17) is 19.7 Å². The first kappa shape index (κ1) is 32.7. The van der Waals surface area contributed by atoms with Crippen LogP contribution in [0.4, 0.5) is 0 Å². The summed E-state index contributed by atoms with van der Waals surface area (Å²) in [5, 5.41) is 2.38. The van der Waals surface area contributed by atoms with Crippen LogP contribution in [0, 0.1) is 17.8 Å². The van der Waals surface area contributed by atoms with Crippen molar-refractivity contribution in [3.63, 3.8) is 0 Å². The molecule has 0 radical (unpaired) electrons. The lowest BCUT2D eigenvalue weighted by molar-refractivity contribution is -0.00938. The number of rotatable bonds is 4. The fraction of sp³-hybridized carbons (Fsp3) is 0.204. The maximum Gasteiger partial charge on any atom is 0.164 e.